The molecule has 0 saturated carbocycles. The molecule has 29 heavy (non-hydrogen) atoms. The minimum absolute atomic E-state index is 0.166. The van der Waals surface area contributed by atoms with Gasteiger partial charge in [-0.3, -0.25) is 4.79 Å². The molecular formula is C25H26N2O2. The van der Waals surface area contributed by atoms with Gasteiger partial charge in [0.05, 0.1) is 11.4 Å². The lowest BCUT2D eigenvalue weighted by atomic mass is 9.98. The molecule has 1 fully saturated rings. The largest absolute Gasteiger partial charge is 0.457 e. The highest BCUT2D eigenvalue weighted by Crippen LogP contribution is 2.29. The van der Waals surface area contributed by atoms with Crippen LogP contribution in [-0.2, 0) is 4.79 Å². The zero-order chi connectivity index (χ0) is 20.1. The molecule has 1 N–H and O–H groups in total. The van der Waals surface area contributed by atoms with Crippen LogP contribution in [0.2, 0.25) is 0 Å². The van der Waals surface area contributed by atoms with E-state index >= 15 is 0 Å². The van der Waals surface area contributed by atoms with Gasteiger partial charge in [0.15, 0.2) is 0 Å². The number of hydrogen-bond donors (Lipinski definition) is 1. The average Bonchev–Trinajstić information content (AvgIpc) is 3.23. The molecule has 4 rings (SSSR count). The smallest absolute Gasteiger partial charge is 0.248 e. The number of carbonyl (C=O) groups excluding carboxylic acids is 1. The number of rotatable bonds is 5. The second-order valence-electron chi connectivity index (χ2n) is 7.58. The minimum Gasteiger partial charge on any atom is -0.457 e. The summed E-state index contributed by atoms with van der Waals surface area (Å²) in [4.78, 5) is 14.9. The molecule has 0 aliphatic carbocycles. The van der Waals surface area contributed by atoms with Gasteiger partial charge in [-0.05, 0) is 49.1 Å². The van der Waals surface area contributed by atoms with Crippen molar-refractivity contribution in [3.05, 3.63) is 78.6 Å². The van der Waals surface area contributed by atoms with E-state index in [1.807, 2.05) is 60.7 Å². The summed E-state index contributed by atoms with van der Waals surface area (Å²) in [7, 11) is 0. The lowest BCUT2D eigenvalue weighted by molar-refractivity contribution is -0.111. The van der Waals surface area contributed by atoms with Crippen molar-refractivity contribution < 1.29 is 9.21 Å². The second-order valence-corrected chi connectivity index (χ2v) is 7.58. The molecular weight excluding hydrogens is 360 g/mol. The molecule has 0 spiro atoms. The van der Waals surface area contributed by atoms with Crippen LogP contribution < -0.4 is 10.2 Å². The van der Waals surface area contributed by atoms with Gasteiger partial charge in [0.1, 0.15) is 11.5 Å². The van der Waals surface area contributed by atoms with E-state index in [0.29, 0.717) is 5.76 Å². The number of para-hydroxylation sites is 2. The van der Waals surface area contributed by atoms with E-state index in [4.69, 9.17) is 4.42 Å². The van der Waals surface area contributed by atoms with Crippen LogP contribution in [0.4, 0.5) is 11.4 Å². The molecule has 1 saturated heterocycles. The third-order valence-electron chi connectivity index (χ3n) is 5.37. The Morgan fingerprint density at radius 3 is 2.52 bits per heavy atom. The number of nitrogens with zero attached hydrogens (tertiary/aromatic N) is 1. The molecule has 3 aromatic rings. The molecule has 2 heterocycles. The summed E-state index contributed by atoms with van der Waals surface area (Å²) in [5.74, 6) is 2.04. The van der Waals surface area contributed by atoms with E-state index in [-0.39, 0.29) is 5.91 Å². The molecule has 1 aliphatic heterocycles. The quantitative estimate of drug-likeness (QED) is 0.561. The molecule has 0 atom stereocenters. The molecule has 148 valence electrons. The van der Waals surface area contributed by atoms with Gasteiger partial charge in [-0.25, -0.2) is 0 Å². The predicted molar refractivity (Wildman–Crippen MR) is 119 cm³/mol. The molecule has 2 aromatic carbocycles. The summed E-state index contributed by atoms with van der Waals surface area (Å²) in [6.45, 7) is 4.35. The lowest BCUT2D eigenvalue weighted by Gasteiger charge is -2.33. The van der Waals surface area contributed by atoms with E-state index in [0.717, 1.165) is 41.7 Å². The first-order valence-electron chi connectivity index (χ1n) is 10.2. The van der Waals surface area contributed by atoms with Crippen LogP contribution in [0.3, 0.4) is 0 Å². The Bertz CT molecular complexity index is 983. The number of amides is 1. The SMILES string of the molecule is CC1CCN(c2ccccc2NC(=O)C=Cc2ccc(-c3ccccc3)o2)CC1. The second kappa shape index (κ2) is 8.82. The third kappa shape index (κ3) is 4.77. The fraction of sp³-hybridized carbons (Fsp3) is 0.240. The van der Waals surface area contributed by atoms with E-state index in [9.17, 15) is 4.79 Å². The summed E-state index contributed by atoms with van der Waals surface area (Å²) in [5.41, 5.74) is 2.95. The molecule has 0 radical (unpaired) electrons. The van der Waals surface area contributed by atoms with Gasteiger partial charge in [-0.15, -0.1) is 0 Å². The Hall–Kier alpha value is -3.27. The van der Waals surface area contributed by atoms with E-state index in [1.54, 1.807) is 6.08 Å². The molecule has 0 unspecified atom stereocenters. The average molecular weight is 386 g/mol. The lowest BCUT2D eigenvalue weighted by Crippen LogP contribution is -2.33. The number of benzene rings is 2. The monoisotopic (exact) mass is 386 g/mol. The van der Waals surface area contributed by atoms with Gasteiger partial charge < -0.3 is 14.6 Å². The Morgan fingerprint density at radius 1 is 1.00 bits per heavy atom. The number of nitrogens with one attached hydrogen (secondary N) is 1. The summed E-state index contributed by atoms with van der Waals surface area (Å²) >= 11 is 0. The normalized spacial score (nSPS) is 15.0. The van der Waals surface area contributed by atoms with Gasteiger partial charge >= 0.3 is 0 Å². The molecule has 4 nitrogen and oxygen atoms in total. The van der Waals surface area contributed by atoms with Crippen LogP contribution in [-0.4, -0.2) is 19.0 Å². The zero-order valence-electron chi connectivity index (χ0n) is 16.7. The van der Waals surface area contributed by atoms with E-state index in [2.05, 4.69) is 23.2 Å². The van der Waals surface area contributed by atoms with Crippen LogP contribution in [0.25, 0.3) is 17.4 Å². The predicted octanol–water partition coefficient (Wildman–Crippen LogP) is 5.83. The van der Waals surface area contributed by atoms with E-state index in [1.165, 1.54) is 18.9 Å². The maximum absolute atomic E-state index is 12.5. The highest BCUT2D eigenvalue weighted by Gasteiger charge is 2.18. The third-order valence-corrected chi connectivity index (χ3v) is 5.37. The van der Waals surface area contributed by atoms with Crippen molar-refractivity contribution in [2.45, 2.75) is 19.8 Å². The highest BCUT2D eigenvalue weighted by molar-refractivity contribution is 6.03. The first kappa shape index (κ1) is 19.1. The van der Waals surface area contributed by atoms with Crippen molar-refractivity contribution in [3.8, 4) is 11.3 Å². The Labute approximate surface area is 171 Å². The molecule has 0 bridgehead atoms. The maximum atomic E-state index is 12.5. The first-order valence-corrected chi connectivity index (χ1v) is 10.2. The van der Waals surface area contributed by atoms with Gasteiger partial charge in [-0.2, -0.15) is 0 Å². The van der Waals surface area contributed by atoms with Crippen molar-refractivity contribution in [3.63, 3.8) is 0 Å². The summed E-state index contributed by atoms with van der Waals surface area (Å²) in [5, 5.41) is 3.02. The van der Waals surface area contributed by atoms with Crippen molar-refractivity contribution in [1.82, 2.24) is 0 Å². The number of hydrogen-bond acceptors (Lipinski definition) is 3. The fourth-order valence-corrected chi connectivity index (χ4v) is 3.64. The van der Waals surface area contributed by atoms with Crippen molar-refractivity contribution >= 4 is 23.4 Å². The van der Waals surface area contributed by atoms with Crippen molar-refractivity contribution in [2.75, 3.05) is 23.3 Å². The number of carbonyl (C=O) groups is 1. The zero-order valence-corrected chi connectivity index (χ0v) is 16.7. The molecule has 1 aromatic heterocycles. The summed E-state index contributed by atoms with van der Waals surface area (Å²) < 4.78 is 5.82. The van der Waals surface area contributed by atoms with Crippen molar-refractivity contribution in [1.29, 1.82) is 0 Å². The summed E-state index contributed by atoms with van der Waals surface area (Å²) in [6.07, 6.45) is 5.59. The van der Waals surface area contributed by atoms with Gasteiger partial charge in [0.25, 0.3) is 0 Å². The van der Waals surface area contributed by atoms with Crippen LogP contribution in [0.1, 0.15) is 25.5 Å². The molecule has 1 aliphatic rings. The summed E-state index contributed by atoms with van der Waals surface area (Å²) in [6, 6.07) is 21.7. The minimum atomic E-state index is -0.166. The van der Waals surface area contributed by atoms with Crippen LogP contribution in [0, 0.1) is 5.92 Å². The van der Waals surface area contributed by atoms with Gasteiger partial charge in [-0.1, -0.05) is 49.4 Å². The number of anilines is 2. The first-order chi connectivity index (χ1) is 14.2. The Balaban J connectivity index is 1.42. The topological polar surface area (TPSA) is 45.5 Å². The highest BCUT2D eigenvalue weighted by atomic mass is 16.3. The maximum Gasteiger partial charge on any atom is 0.248 e. The standard InChI is InChI=1S/C25H26N2O2/c1-19-15-17-27(18-16-19)23-10-6-5-9-22(23)26-25(28)14-12-21-11-13-24(29-21)20-7-3-2-4-8-20/h2-14,19H,15-18H2,1H3,(H,26,28). The van der Waals surface area contributed by atoms with Gasteiger partial charge in [0, 0.05) is 24.7 Å². The fourth-order valence-electron chi connectivity index (χ4n) is 3.64. The molecule has 4 heteroatoms. The number of furan rings is 1. The van der Waals surface area contributed by atoms with Crippen LogP contribution in [0.5, 0.6) is 0 Å². The Kier molecular flexibility index (Phi) is 5.80. The number of piperidine rings is 1. The van der Waals surface area contributed by atoms with Crippen molar-refractivity contribution in [2.24, 2.45) is 5.92 Å². The molecule has 1 amide bonds. The van der Waals surface area contributed by atoms with Crippen LogP contribution in [0.15, 0.2) is 77.2 Å². The van der Waals surface area contributed by atoms with Crippen LogP contribution >= 0.6 is 0 Å². The Morgan fingerprint density at radius 2 is 1.72 bits per heavy atom. The van der Waals surface area contributed by atoms with Gasteiger partial charge in [0.2, 0.25) is 5.91 Å². The van der Waals surface area contributed by atoms with E-state index < -0.39 is 0 Å².